The average Bonchev–Trinajstić information content (AvgIpc) is 2.45. The lowest BCUT2D eigenvalue weighted by atomic mass is 10.0. The summed E-state index contributed by atoms with van der Waals surface area (Å²) in [5.41, 5.74) is 3.88. The molecule has 0 aliphatic rings. The molecule has 0 fully saturated rings. The van der Waals surface area contributed by atoms with E-state index in [4.69, 9.17) is 0 Å². The smallest absolute Gasteiger partial charge is 0.187 e. The van der Waals surface area contributed by atoms with Gasteiger partial charge in [-0.2, -0.15) is 0 Å². The number of carbonyl (C=O) groups excluding carboxylic acids is 1. The van der Waals surface area contributed by atoms with E-state index in [-0.39, 0.29) is 11.6 Å². The third kappa shape index (κ3) is 3.78. The maximum atomic E-state index is 13.4. The first-order valence-corrected chi connectivity index (χ1v) is 6.78. The molecule has 2 nitrogen and oxygen atoms in total. The van der Waals surface area contributed by atoms with Crippen molar-refractivity contribution >= 4 is 11.5 Å². The topological polar surface area (TPSA) is 29.1 Å². The Morgan fingerprint density at radius 2 is 1.76 bits per heavy atom. The number of ketones is 1. The van der Waals surface area contributed by atoms with Crippen molar-refractivity contribution in [3.63, 3.8) is 0 Å². The van der Waals surface area contributed by atoms with Crippen molar-refractivity contribution in [1.29, 1.82) is 0 Å². The minimum Gasteiger partial charge on any atom is -0.361 e. The van der Waals surface area contributed by atoms with Gasteiger partial charge < -0.3 is 5.32 Å². The highest BCUT2D eigenvalue weighted by atomic mass is 19.1. The largest absolute Gasteiger partial charge is 0.361 e. The first-order chi connectivity index (χ1) is 9.97. The second-order valence-electron chi connectivity index (χ2n) is 5.12. The zero-order chi connectivity index (χ0) is 15.4. The lowest BCUT2D eigenvalue weighted by Crippen LogP contribution is -2.00. The Kier molecular flexibility index (Phi) is 4.53. The van der Waals surface area contributed by atoms with Crippen LogP contribution in [0.15, 0.2) is 48.7 Å². The molecule has 1 N–H and O–H groups in total. The highest BCUT2D eigenvalue weighted by molar-refractivity contribution is 6.05. The first-order valence-electron chi connectivity index (χ1n) is 6.78. The Labute approximate surface area is 124 Å². The molecule has 2 aromatic rings. The van der Waals surface area contributed by atoms with E-state index in [2.05, 4.69) is 5.32 Å². The van der Waals surface area contributed by atoms with Crippen LogP contribution in [0.2, 0.25) is 0 Å². The number of carbonyl (C=O) groups is 1. The summed E-state index contributed by atoms with van der Waals surface area (Å²) in [5, 5.41) is 2.91. The lowest BCUT2D eigenvalue weighted by molar-refractivity contribution is 0.104. The molecule has 0 aromatic heterocycles. The van der Waals surface area contributed by atoms with E-state index >= 15 is 0 Å². The summed E-state index contributed by atoms with van der Waals surface area (Å²) >= 11 is 0. The molecule has 0 saturated heterocycles. The predicted molar refractivity (Wildman–Crippen MR) is 84.1 cm³/mol. The van der Waals surface area contributed by atoms with Gasteiger partial charge in [0.15, 0.2) is 5.78 Å². The number of allylic oxidation sites excluding steroid dienone is 1. The van der Waals surface area contributed by atoms with E-state index in [1.54, 1.807) is 19.1 Å². The van der Waals surface area contributed by atoms with Gasteiger partial charge in [0.05, 0.1) is 0 Å². The van der Waals surface area contributed by atoms with Crippen molar-refractivity contribution in [3.05, 3.63) is 76.7 Å². The van der Waals surface area contributed by atoms with Gasteiger partial charge >= 0.3 is 0 Å². The van der Waals surface area contributed by atoms with Gasteiger partial charge in [-0.15, -0.1) is 0 Å². The second kappa shape index (κ2) is 6.35. The highest BCUT2D eigenvalue weighted by Crippen LogP contribution is 2.14. The Hall–Kier alpha value is -2.42. The number of benzene rings is 2. The first kappa shape index (κ1) is 15.0. The van der Waals surface area contributed by atoms with E-state index in [0.717, 1.165) is 11.1 Å². The number of hydrogen-bond acceptors (Lipinski definition) is 2. The molecule has 0 bridgehead atoms. The fraction of sp³-hybridized carbons (Fsp3) is 0.167. The standard InChI is InChI=1S/C18H18FNO/c1-12-4-5-13(2)16(10-12)18(21)8-9-20-15-7-6-14(3)17(19)11-15/h4-11,20H,1-3H3. The van der Waals surface area contributed by atoms with Gasteiger partial charge in [0.2, 0.25) is 0 Å². The normalized spacial score (nSPS) is 10.9. The summed E-state index contributed by atoms with van der Waals surface area (Å²) < 4.78 is 13.4. The van der Waals surface area contributed by atoms with Crippen LogP contribution in [0.1, 0.15) is 27.0 Å². The van der Waals surface area contributed by atoms with Gasteiger partial charge in [-0.25, -0.2) is 4.39 Å². The molecule has 0 heterocycles. The Morgan fingerprint density at radius 3 is 2.48 bits per heavy atom. The van der Waals surface area contributed by atoms with Crippen molar-refractivity contribution in [1.82, 2.24) is 0 Å². The number of nitrogens with one attached hydrogen (secondary N) is 1. The summed E-state index contributed by atoms with van der Waals surface area (Å²) in [6.07, 6.45) is 2.99. The van der Waals surface area contributed by atoms with Crippen LogP contribution in [-0.2, 0) is 0 Å². The van der Waals surface area contributed by atoms with E-state index in [1.807, 2.05) is 32.0 Å². The fourth-order valence-electron chi connectivity index (χ4n) is 1.99. The molecule has 0 spiro atoms. The second-order valence-corrected chi connectivity index (χ2v) is 5.12. The van der Waals surface area contributed by atoms with E-state index in [0.29, 0.717) is 16.8 Å². The molecule has 0 unspecified atom stereocenters. The molecule has 0 amide bonds. The number of rotatable bonds is 4. The monoisotopic (exact) mass is 283 g/mol. The van der Waals surface area contributed by atoms with Gasteiger partial charge in [0.25, 0.3) is 0 Å². The van der Waals surface area contributed by atoms with Gasteiger partial charge in [0.1, 0.15) is 5.82 Å². The summed E-state index contributed by atoms with van der Waals surface area (Å²) in [5.74, 6) is -0.342. The maximum absolute atomic E-state index is 13.4. The summed E-state index contributed by atoms with van der Waals surface area (Å²) in [6, 6.07) is 10.6. The third-order valence-corrected chi connectivity index (χ3v) is 3.32. The molecule has 2 aromatic carbocycles. The van der Waals surface area contributed by atoms with Crippen molar-refractivity contribution in [2.24, 2.45) is 0 Å². The predicted octanol–water partition coefficient (Wildman–Crippen LogP) is 4.56. The molecule has 2 rings (SSSR count). The van der Waals surface area contributed by atoms with Crippen LogP contribution >= 0.6 is 0 Å². The highest BCUT2D eigenvalue weighted by Gasteiger charge is 2.05. The van der Waals surface area contributed by atoms with Gasteiger partial charge in [-0.05, 0) is 50.1 Å². The van der Waals surface area contributed by atoms with Crippen LogP contribution in [0.5, 0.6) is 0 Å². The number of hydrogen-bond donors (Lipinski definition) is 1. The third-order valence-electron chi connectivity index (χ3n) is 3.32. The minimum absolute atomic E-state index is 0.0729. The molecule has 0 aliphatic heterocycles. The number of aryl methyl sites for hydroxylation is 3. The van der Waals surface area contributed by atoms with Crippen LogP contribution in [0.4, 0.5) is 10.1 Å². The Bertz CT molecular complexity index is 704. The van der Waals surface area contributed by atoms with E-state index < -0.39 is 0 Å². The van der Waals surface area contributed by atoms with Crippen LogP contribution in [0, 0.1) is 26.6 Å². The van der Waals surface area contributed by atoms with E-state index in [1.165, 1.54) is 18.3 Å². The molecule has 0 aliphatic carbocycles. The van der Waals surface area contributed by atoms with Crippen LogP contribution < -0.4 is 5.32 Å². The van der Waals surface area contributed by atoms with Gasteiger partial charge in [0, 0.05) is 23.5 Å². The summed E-state index contributed by atoms with van der Waals surface area (Å²) in [6.45, 7) is 5.57. The molecular formula is C18H18FNO. The number of halogens is 1. The van der Waals surface area contributed by atoms with Crippen LogP contribution in [0.3, 0.4) is 0 Å². The molecule has 0 atom stereocenters. The number of anilines is 1. The minimum atomic E-state index is -0.269. The van der Waals surface area contributed by atoms with Gasteiger partial charge in [-0.1, -0.05) is 23.8 Å². The van der Waals surface area contributed by atoms with Crippen LogP contribution in [0.25, 0.3) is 0 Å². The quantitative estimate of drug-likeness (QED) is 0.658. The van der Waals surface area contributed by atoms with Crippen molar-refractivity contribution in [2.75, 3.05) is 5.32 Å². The average molecular weight is 283 g/mol. The van der Waals surface area contributed by atoms with Gasteiger partial charge in [-0.3, -0.25) is 4.79 Å². The Morgan fingerprint density at radius 1 is 1.05 bits per heavy atom. The summed E-state index contributed by atoms with van der Waals surface area (Å²) in [7, 11) is 0. The zero-order valence-corrected chi connectivity index (χ0v) is 12.4. The van der Waals surface area contributed by atoms with E-state index in [9.17, 15) is 9.18 Å². The molecule has 0 radical (unpaired) electrons. The Balaban J connectivity index is 2.08. The molecule has 0 saturated carbocycles. The molecule has 21 heavy (non-hydrogen) atoms. The molecule has 3 heteroatoms. The van der Waals surface area contributed by atoms with Crippen molar-refractivity contribution in [2.45, 2.75) is 20.8 Å². The molecular weight excluding hydrogens is 265 g/mol. The summed E-state index contributed by atoms with van der Waals surface area (Å²) in [4.78, 5) is 12.1. The van der Waals surface area contributed by atoms with Crippen molar-refractivity contribution in [3.8, 4) is 0 Å². The van der Waals surface area contributed by atoms with Crippen LogP contribution in [-0.4, -0.2) is 5.78 Å². The SMILES string of the molecule is Cc1ccc(C)c(C(=O)C=CNc2ccc(C)c(F)c2)c1. The zero-order valence-electron chi connectivity index (χ0n) is 12.4. The fourth-order valence-corrected chi connectivity index (χ4v) is 1.99. The van der Waals surface area contributed by atoms with Crippen molar-refractivity contribution < 1.29 is 9.18 Å². The molecule has 108 valence electrons. The lowest BCUT2D eigenvalue weighted by Gasteiger charge is -2.04. The maximum Gasteiger partial charge on any atom is 0.187 e.